The van der Waals surface area contributed by atoms with Crippen LogP contribution in [0.5, 0.6) is 0 Å². The number of likely N-dealkylation sites (tertiary alicyclic amines) is 1. The maximum absolute atomic E-state index is 12.7. The van der Waals surface area contributed by atoms with Gasteiger partial charge in [0.1, 0.15) is 4.88 Å². The number of nitrogens with zero attached hydrogens (tertiary/aromatic N) is 1. The summed E-state index contributed by atoms with van der Waals surface area (Å²) in [5, 5.41) is 1.43. The molecule has 2 N–H and O–H groups in total. The average Bonchev–Trinajstić information content (AvgIpc) is 3.05. The molecule has 0 spiro atoms. The first-order valence-corrected chi connectivity index (χ1v) is 8.57. The third-order valence-electron chi connectivity index (χ3n) is 4.17. The van der Waals surface area contributed by atoms with Crippen molar-refractivity contribution in [1.82, 2.24) is 4.90 Å². The zero-order valence-corrected chi connectivity index (χ0v) is 13.6. The van der Waals surface area contributed by atoms with Crippen molar-refractivity contribution in [2.45, 2.75) is 26.2 Å². The van der Waals surface area contributed by atoms with Gasteiger partial charge in [0.25, 0.3) is 5.91 Å². The van der Waals surface area contributed by atoms with Gasteiger partial charge in [-0.05, 0) is 30.9 Å². The van der Waals surface area contributed by atoms with E-state index in [2.05, 4.69) is 6.92 Å². The number of hydrogen-bond acceptors (Lipinski definition) is 3. The highest BCUT2D eigenvalue weighted by Crippen LogP contribution is 2.39. The van der Waals surface area contributed by atoms with E-state index in [-0.39, 0.29) is 5.91 Å². The number of nitrogens with two attached hydrogens (primary N) is 1. The maximum atomic E-state index is 12.7. The summed E-state index contributed by atoms with van der Waals surface area (Å²) in [6.45, 7) is 3.88. The van der Waals surface area contributed by atoms with Crippen LogP contribution in [0.2, 0.25) is 5.02 Å². The van der Waals surface area contributed by atoms with Gasteiger partial charge in [0, 0.05) is 23.2 Å². The number of anilines is 1. The topological polar surface area (TPSA) is 46.3 Å². The zero-order valence-electron chi connectivity index (χ0n) is 12.1. The lowest BCUT2D eigenvalue weighted by molar-refractivity contribution is 0.0792. The van der Waals surface area contributed by atoms with Crippen LogP contribution >= 0.6 is 22.9 Å². The first-order chi connectivity index (χ1) is 10.1. The first kappa shape index (κ1) is 14.7. The second-order valence-corrected chi connectivity index (χ2v) is 7.11. The van der Waals surface area contributed by atoms with Crippen molar-refractivity contribution in [3.8, 4) is 0 Å². The molecule has 112 valence electrons. The number of fused-ring (bicyclic) bond motifs is 1. The highest BCUT2D eigenvalue weighted by molar-refractivity contribution is 7.21. The van der Waals surface area contributed by atoms with Gasteiger partial charge in [-0.2, -0.15) is 0 Å². The van der Waals surface area contributed by atoms with Crippen molar-refractivity contribution in [3.63, 3.8) is 0 Å². The van der Waals surface area contributed by atoms with Gasteiger partial charge >= 0.3 is 0 Å². The Bertz CT molecular complexity index is 682. The molecule has 3 rings (SSSR count). The Kier molecular flexibility index (Phi) is 4.09. The standard InChI is InChI=1S/C16H19ClN2OS/c1-2-4-10-7-8-19(9-10)16(20)15-14(18)13-11(17)5-3-6-12(13)21-15/h3,5-6,10H,2,4,7-9,18H2,1H3. The Morgan fingerprint density at radius 3 is 3.05 bits per heavy atom. The lowest BCUT2D eigenvalue weighted by Crippen LogP contribution is -2.28. The molecule has 0 saturated carbocycles. The summed E-state index contributed by atoms with van der Waals surface area (Å²) < 4.78 is 0.979. The van der Waals surface area contributed by atoms with Gasteiger partial charge in [-0.3, -0.25) is 4.79 Å². The summed E-state index contributed by atoms with van der Waals surface area (Å²) in [6, 6.07) is 5.67. The molecule has 2 heterocycles. The van der Waals surface area contributed by atoms with Crippen molar-refractivity contribution in [3.05, 3.63) is 28.1 Å². The number of rotatable bonds is 3. The van der Waals surface area contributed by atoms with Gasteiger partial charge in [-0.1, -0.05) is 31.0 Å². The average molecular weight is 323 g/mol. The van der Waals surface area contributed by atoms with Crippen LogP contribution in [-0.4, -0.2) is 23.9 Å². The van der Waals surface area contributed by atoms with Crippen LogP contribution < -0.4 is 5.73 Å². The number of carbonyl (C=O) groups excluding carboxylic acids is 1. The Morgan fingerprint density at radius 1 is 1.52 bits per heavy atom. The van der Waals surface area contributed by atoms with Crippen LogP contribution in [0.25, 0.3) is 10.1 Å². The van der Waals surface area contributed by atoms with Gasteiger partial charge < -0.3 is 10.6 Å². The lowest BCUT2D eigenvalue weighted by atomic mass is 10.0. The molecule has 3 nitrogen and oxygen atoms in total. The zero-order chi connectivity index (χ0) is 15.0. The second-order valence-electron chi connectivity index (χ2n) is 5.65. The third kappa shape index (κ3) is 2.62. The summed E-state index contributed by atoms with van der Waals surface area (Å²) >= 11 is 7.65. The van der Waals surface area contributed by atoms with E-state index in [0.29, 0.717) is 21.5 Å². The van der Waals surface area contributed by atoms with E-state index in [0.717, 1.165) is 29.6 Å². The molecular weight excluding hydrogens is 304 g/mol. The van der Waals surface area contributed by atoms with Crippen molar-refractivity contribution in [1.29, 1.82) is 0 Å². The maximum Gasteiger partial charge on any atom is 0.266 e. The minimum Gasteiger partial charge on any atom is -0.397 e. The second kappa shape index (κ2) is 5.85. The molecule has 0 radical (unpaired) electrons. The molecule has 1 atom stereocenters. The summed E-state index contributed by atoms with van der Waals surface area (Å²) in [4.78, 5) is 15.3. The van der Waals surface area contributed by atoms with Crippen molar-refractivity contribution >= 4 is 44.6 Å². The largest absolute Gasteiger partial charge is 0.397 e. The molecule has 1 fully saturated rings. The molecule has 1 aliphatic heterocycles. The summed E-state index contributed by atoms with van der Waals surface area (Å²) in [5.74, 6) is 0.696. The number of thiophene rings is 1. The van der Waals surface area contributed by atoms with Crippen LogP contribution in [-0.2, 0) is 0 Å². The molecule has 1 aliphatic rings. The number of nitrogen functional groups attached to an aromatic ring is 1. The van der Waals surface area contributed by atoms with E-state index >= 15 is 0 Å². The summed E-state index contributed by atoms with van der Waals surface area (Å²) in [7, 11) is 0. The summed E-state index contributed by atoms with van der Waals surface area (Å²) in [6.07, 6.45) is 3.47. The van der Waals surface area contributed by atoms with Crippen LogP contribution in [0, 0.1) is 5.92 Å². The Balaban J connectivity index is 1.89. The Labute approximate surface area is 133 Å². The number of hydrogen-bond donors (Lipinski definition) is 1. The Hall–Kier alpha value is -1.26. The van der Waals surface area contributed by atoms with Gasteiger partial charge in [0.05, 0.1) is 10.7 Å². The summed E-state index contributed by atoms with van der Waals surface area (Å²) in [5.41, 5.74) is 6.71. The number of benzene rings is 1. The lowest BCUT2D eigenvalue weighted by Gasteiger charge is -2.15. The predicted molar refractivity (Wildman–Crippen MR) is 90.2 cm³/mol. The van der Waals surface area contributed by atoms with E-state index in [4.69, 9.17) is 17.3 Å². The van der Waals surface area contributed by atoms with Crippen LogP contribution in [0.3, 0.4) is 0 Å². The van der Waals surface area contributed by atoms with E-state index in [1.54, 1.807) is 0 Å². The first-order valence-electron chi connectivity index (χ1n) is 7.37. The normalized spacial score (nSPS) is 18.6. The monoisotopic (exact) mass is 322 g/mol. The van der Waals surface area contributed by atoms with Gasteiger partial charge in [-0.15, -0.1) is 11.3 Å². The van der Waals surface area contributed by atoms with Crippen molar-refractivity contribution < 1.29 is 4.79 Å². The molecule has 0 aliphatic carbocycles. The molecule has 1 amide bonds. The smallest absolute Gasteiger partial charge is 0.266 e. The fraction of sp³-hybridized carbons (Fsp3) is 0.438. The van der Waals surface area contributed by atoms with Gasteiger partial charge in [-0.25, -0.2) is 0 Å². The van der Waals surface area contributed by atoms with E-state index in [1.165, 1.54) is 24.2 Å². The van der Waals surface area contributed by atoms with E-state index < -0.39 is 0 Å². The van der Waals surface area contributed by atoms with Gasteiger partial charge in [0.15, 0.2) is 0 Å². The van der Waals surface area contributed by atoms with Crippen LogP contribution in [0.1, 0.15) is 35.9 Å². The molecule has 2 aromatic rings. The van der Waals surface area contributed by atoms with Crippen molar-refractivity contribution in [2.24, 2.45) is 5.92 Å². The fourth-order valence-corrected chi connectivity index (χ4v) is 4.54. The number of halogens is 1. The predicted octanol–water partition coefficient (Wildman–Crippen LogP) is 4.40. The molecule has 5 heteroatoms. The fourth-order valence-electron chi connectivity index (χ4n) is 3.09. The molecule has 0 bridgehead atoms. The molecule has 1 saturated heterocycles. The molecular formula is C16H19ClN2OS. The number of carbonyl (C=O) groups is 1. The number of amides is 1. The third-order valence-corrected chi connectivity index (χ3v) is 5.64. The molecule has 1 aromatic carbocycles. The highest BCUT2D eigenvalue weighted by Gasteiger charge is 2.29. The Morgan fingerprint density at radius 2 is 2.33 bits per heavy atom. The minimum atomic E-state index is 0.0587. The molecule has 1 unspecified atom stereocenters. The van der Waals surface area contributed by atoms with E-state index in [1.807, 2.05) is 23.1 Å². The minimum absolute atomic E-state index is 0.0587. The van der Waals surface area contributed by atoms with Gasteiger partial charge in [0.2, 0.25) is 0 Å². The van der Waals surface area contributed by atoms with Crippen LogP contribution in [0.4, 0.5) is 5.69 Å². The van der Waals surface area contributed by atoms with Crippen molar-refractivity contribution in [2.75, 3.05) is 18.8 Å². The van der Waals surface area contributed by atoms with Crippen LogP contribution in [0.15, 0.2) is 18.2 Å². The van der Waals surface area contributed by atoms with E-state index in [9.17, 15) is 4.79 Å². The quantitative estimate of drug-likeness (QED) is 0.910. The molecule has 21 heavy (non-hydrogen) atoms. The molecule has 1 aromatic heterocycles. The highest BCUT2D eigenvalue weighted by atomic mass is 35.5. The SMILES string of the molecule is CCCC1CCN(C(=O)c2sc3cccc(Cl)c3c2N)C1.